The standard InChI is InChI=1S/C23H32N2O4S/c1-15-14-19-17(3)20(23(26)25-12-8-5-9-13-25)29-21(19)22(16(15)2)30(27,28)24-18-10-6-4-7-11-18/h14,18,24H,4-13H2,1-3H3. The van der Waals surface area contributed by atoms with Crippen LogP contribution < -0.4 is 4.72 Å². The fourth-order valence-corrected chi connectivity index (χ4v) is 6.56. The first kappa shape index (κ1) is 21.4. The average Bonchev–Trinajstić information content (AvgIpc) is 3.05. The van der Waals surface area contributed by atoms with E-state index in [2.05, 4.69) is 4.72 Å². The van der Waals surface area contributed by atoms with Crippen molar-refractivity contribution in [3.05, 3.63) is 28.5 Å². The van der Waals surface area contributed by atoms with Crippen molar-refractivity contribution in [2.24, 2.45) is 0 Å². The molecule has 1 aromatic heterocycles. The van der Waals surface area contributed by atoms with E-state index in [1.807, 2.05) is 31.7 Å². The van der Waals surface area contributed by atoms with Gasteiger partial charge in [-0.25, -0.2) is 13.1 Å². The predicted molar refractivity (Wildman–Crippen MR) is 117 cm³/mol. The number of carbonyl (C=O) groups is 1. The van der Waals surface area contributed by atoms with Gasteiger partial charge in [-0.3, -0.25) is 4.79 Å². The molecule has 0 bridgehead atoms. The Hall–Kier alpha value is -1.86. The van der Waals surface area contributed by atoms with Gasteiger partial charge in [0.15, 0.2) is 11.3 Å². The highest BCUT2D eigenvalue weighted by atomic mass is 32.2. The summed E-state index contributed by atoms with van der Waals surface area (Å²) in [4.78, 5) is 15.1. The van der Waals surface area contributed by atoms with Crippen LogP contribution in [0.5, 0.6) is 0 Å². The number of nitrogens with zero attached hydrogens (tertiary/aromatic N) is 1. The van der Waals surface area contributed by atoms with Crippen LogP contribution in [0.3, 0.4) is 0 Å². The van der Waals surface area contributed by atoms with E-state index in [-0.39, 0.29) is 22.6 Å². The molecule has 2 heterocycles. The summed E-state index contributed by atoms with van der Waals surface area (Å²) in [6, 6.07) is 1.90. The Balaban J connectivity index is 1.79. The van der Waals surface area contributed by atoms with Crippen LogP contribution in [-0.2, 0) is 10.0 Å². The number of piperidine rings is 1. The topological polar surface area (TPSA) is 79.6 Å². The summed E-state index contributed by atoms with van der Waals surface area (Å²) >= 11 is 0. The number of fused-ring (bicyclic) bond motifs is 1. The number of nitrogens with one attached hydrogen (secondary N) is 1. The minimum Gasteiger partial charge on any atom is -0.449 e. The average molecular weight is 433 g/mol. The van der Waals surface area contributed by atoms with Gasteiger partial charge in [-0.05, 0) is 70.1 Å². The van der Waals surface area contributed by atoms with Crippen molar-refractivity contribution in [3.8, 4) is 0 Å². The molecule has 7 heteroatoms. The summed E-state index contributed by atoms with van der Waals surface area (Å²) in [5.41, 5.74) is 2.58. The zero-order valence-corrected chi connectivity index (χ0v) is 19.0. The first-order chi connectivity index (χ1) is 14.3. The number of sulfonamides is 1. The lowest BCUT2D eigenvalue weighted by Gasteiger charge is -2.25. The lowest BCUT2D eigenvalue weighted by molar-refractivity contribution is 0.0693. The molecule has 2 fully saturated rings. The van der Waals surface area contributed by atoms with Crippen molar-refractivity contribution in [2.75, 3.05) is 13.1 Å². The molecule has 30 heavy (non-hydrogen) atoms. The van der Waals surface area contributed by atoms with Crippen molar-refractivity contribution in [2.45, 2.75) is 83.1 Å². The monoisotopic (exact) mass is 432 g/mol. The van der Waals surface area contributed by atoms with E-state index in [1.165, 1.54) is 0 Å². The fraction of sp³-hybridized carbons (Fsp3) is 0.609. The predicted octanol–water partition coefficient (Wildman–Crippen LogP) is 4.60. The Morgan fingerprint density at radius 2 is 1.63 bits per heavy atom. The SMILES string of the molecule is Cc1cc2c(C)c(C(=O)N3CCCCC3)oc2c(S(=O)(=O)NC2CCCCC2)c1C. The van der Waals surface area contributed by atoms with Crippen LogP contribution in [0.2, 0.25) is 0 Å². The van der Waals surface area contributed by atoms with Gasteiger partial charge < -0.3 is 9.32 Å². The molecule has 1 aromatic carbocycles. The van der Waals surface area contributed by atoms with E-state index < -0.39 is 10.0 Å². The van der Waals surface area contributed by atoms with Gasteiger partial charge in [0.25, 0.3) is 5.91 Å². The normalized spacial score (nSPS) is 18.8. The van der Waals surface area contributed by atoms with Crippen LogP contribution in [0.4, 0.5) is 0 Å². The molecule has 0 spiro atoms. The Labute approximate surface area is 179 Å². The molecule has 1 N–H and O–H groups in total. The Morgan fingerprint density at radius 3 is 2.30 bits per heavy atom. The number of aryl methyl sites for hydroxylation is 2. The van der Waals surface area contributed by atoms with Crippen LogP contribution in [0.15, 0.2) is 15.4 Å². The molecular weight excluding hydrogens is 400 g/mol. The molecule has 1 aliphatic carbocycles. The summed E-state index contributed by atoms with van der Waals surface area (Å²) in [5.74, 6) is 0.133. The fourth-order valence-electron chi connectivity index (χ4n) is 4.81. The molecule has 1 amide bonds. The summed E-state index contributed by atoms with van der Waals surface area (Å²) in [7, 11) is -3.76. The second-order valence-electron chi connectivity index (χ2n) is 8.89. The molecule has 0 atom stereocenters. The molecular formula is C23H32N2O4S. The molecule has 1 aliphatic heterocycles. The number of likely N-dealkylation sites (tertiary alicyclic amines) is 1. The van der Waals surface area contributed by atoms with E-state index in [0.717, 1.165) is 75.6 Å². The van der Waals surface area contributed by atoms with Crippen LogP contribution >= 0.6 is 0 Å². The third-order valence-electron chi connectivity index (χ3n) is 6.73. The third kappa shape index (κ3) is 3.89. The molecule has 6 nitrogen and oxygen atoms in total. The lowest BCUT2D eigenvalue weighted by Crippen LogP contribution is -2.36. The summed E-state index contributed by atoms with van der Waals surface area (Å²) in [6.45, 7) is 7.02. The second-order valence-corrected chi connectivity index (χ2v) is 10.5. The van der Waals surface area contributed by atoms with E-state index in [4.69, 9.17) is 4.42 Å². The molecule has 0 radical (unpaired) electrons. The van der Waals surface area contributed by atoms with Crippen LogP contribution in [0.25, 0.3) is 11.0 Å². The van der Waals surface area contributed by atoms with Crippen LogP contribution in [-0.4, -0.2) is 38.4 Å². The van der Waals surface area contributed by atoms with Crippen molar-refractivity contribution in [3.63, 3.8) is 0 Å². The maximum atomic E-state index is 13.4. The lowest BCUT2D eigenvalue weighted by atomic mass is 9.96. The van der Waals surface area contributed by atoms with E-state index in [1.54, 1.807) is 0 Å². The Bertz CT molecular complexity index is 1060. The first-order valence-corrected chi connectivity index (χ1v) is 12.6. The third-order valence-corrected chi connectivity index (χ3v) is 8.40. The van der Waals surface area contributed by atoms with Gasteiger partial charge in [0, 0.05) is 30.1 Å². The number of amides is 1. The molecule has 4 rings (SSSR count). The van der Waals surface area contributed by atoms with Crippen molar-refractivity contribution in [1.29, 1.82) is 0 Å². The van der Waals surface area contributed by atoms with Crippen LogP contribution in [0, 0.1) is 20.8 Å². The van der Waals surface area contributed by atoms with Crippen molar-refractivity contribution >= 4 is 26.9 Å². The maximum absolute atomic E-state index is 13.4. The minimum atomic E-state index is -3.76. The molecule has 2 aliphatic rings. The van der Waals surface area contributed by atoms with Crippen molar-refractivity contribution in [1.82, 2.24) is 9.62 Å². The van der Waals surface area contributed by atoms with E-state index in [9.17, 15) is 13.2 Å². The van der Waals surface area contributed by atoms with Gasteiger partial charge in [0.05, 0.1) is 0 Å². The number of benzene rings is 1. The van der Waals surface area contributed by atoms with Gasteiger partial charge in [-0.15, -0.1) is 0 Å². The highest BCUT2D eigenvalue weighted by molar-refractivity contribution is 7.89. The Kier molecular flexibility index (Phi) is 5.95. The Morgan fingerprint density at radius 1 is 1.00 bits per heavy atom. The van der Waals surface area contributed by atoms with Crippen LogP contribution in [0.1, 0.15) is 78.6 Å². The molecule has 2 aromatic rings. The number of rotatable bonds is 4. The number of furan rings is 1. The summed E-state index contributed by atoms with van der Waals surface area (Å²) in [6.07, 6.45) is 8.10. The molecule has 0 unspecified atom stereocenters. The van der Waals surface area contributed by atoms with Gasteiger partial charge in [-0.2, -0.15) is 0 Å². The van der Waals surface area contributed by atoms with Gasteiger partial charge >= 0.3 is 0 Å². The highest BCUT2D eigenvalue weighted by Crippen LogP contribution is 2.36. The molecule has 1 saturated carbocycles. The summed E-state index contributed by atoms with van der Waals surface area (Å²) in [5, 5.41) is 0.711. The maximum Gasteiger partial charge on any atom is 0.289 e. The molecule has 164 valence electrons. The molecule has 1 saturated heterocycles. The zero-order chi connectivity index (χ0) is 21.5. The summed E-state index contributed by atoms with van der Waals surface area (Å²) < 4.78 is 35.8. The van der Waals surface area contributed by atoms with Crippen molar-refractivity contribution < 1.29 is 17.6 Å². The number of hydrogen-bond donors (Lipinski definition) is 1. The van der Waals surface area contributed by atoms with Gasteiger partial charge in [-0.1, -0.05) is 19.3 Å². The second kappa shape index (κ2) is 8.35. The highest BCUT2D eigenvalue weighted by Gasteiger charge is 2.31. The quantitative estimate of drug-likeness (QED) is 0.766. The zero-order valence-electron chi connectivity index (χ0n) is 18.2. The first-order valence-electron chi connectivity index (χ1n) is 11.1. The smallest absolute Gasteiger partial charge is 0.289 e. The van der Waals surface area contributed by atoms with Gasteiger partial charge in [0.1, 0.15) is 4.90 Å². The van der Waals surface area contributed by atoms with E-state index >= 15 is 0 Å². The number of carbonyl (C=O) groups excluding carboxylic acids is 1. The van der Waals surface area contributed by atoms with Gasteiger partial charge in [0.2, 0.25) is 10.0 Å². The number of hydrogen-bond acceptors (Lipinski definition) is 4. The minimum absolute atomic E-state index is 0.0378. The van der Waals surface area contributed by atoms with E-state index in [0.29, 0.717) is 16.5 Å². The largest absolute Gasteiger partial charge is 0.449 e.